The van der Waals surface area contributed by atoms with Gasteiger partial charge in [-0.15, -0.1) is 0 Å². The van der Waals surface area contributed by atoms with Crippen molar-refractivity contribution in [2.24, 2.45) is 0 Å². The van der Waals surface area contributed by atoms with Gasteiger partial charge in [-0.3, -0.25) is 9.58 Å². The van der Waals surface area contributed by atoms with Crippen LogP contribution in [0.15, 0.2) is 12.4 Å². The van der Waals surface area contributed by atoms with Crippen LogP contribution in [-0.4, -0.2) is 56.7 Å². The first-order valence-corrected chi connectivity index (χ1v) is 7.00. The SMILES string of the molecule is Nc1cnn(CC(O)CN(CCO)C2CCCC2)c1. The van der Waals surface area contributed by atoms with Crippen molar-refractivity contribution < 1.29 is 10.2 Å². The lowest BCUT2D eigenvalue weighted by Gasteiger charge is -2.30. The van der Waals surface area contributed by atoms with E-state index in [2.05, 4.69) is 10.00 Å². The normalized spacial score (nSPS) is 18.3. The summed E-state index contributed by atoms with van der Waals surface area (Å²) in [5.41, 5.74) is 6.20. The van der Waals surface area contributed by atoms with Gasteiger partial charge in [0, 0.05) is 25.3 Å². The fraction of sp³-hybridized carbons (Fsp3) is 0.769. The standard InChI is InChI=1S/C13H24N4O2/c14-11-7-15-17(8-11)10-13(19)9-16(5-6-18)12-3-1-2-4-12/h7-8,12-13,18-19H,1-6,9-10,14H2. The van der Waals surface area contributed by atoms with E-state index >= 15 is 0 Å². The fourth-order valence-corrected chi connectivity index (χ4v) is 2.84. The van der Waals surface area contributed by atoms with Crippen molar-refractivity contribution in [2.75, 3.05) is 25.4 Å². The molecule has 1 atom stereocenters. The van der Waals surface area contributed by atoms with E-state index in [-0.39, 0.29) is 6.61 Å². The monoisotopic (exact) mass is 268 g/mol. The Morgan fingerprint density at radius 3 is 2.79 bits per heavy atom. The van der Waals surface area contributed by atoms with Crippen molar-refractivity contribution in [1.82, 2.24) is 14.7 Å². The second-order valence-electron chi connectivity index (χ2n) is 5.31. The molecular formula is C13H24N4O2. The Bertz CT molecular complexity index is 376. The number of hydrogen-bond donors (Lipinski definition) is 3. The van der Waals surface area contributed by atoms with Crippen molar-refractivity contribution in [3.8, 4) is 0 Å². The Kier molecular flexibility index (Phi) is 5.18. The third-order valence-electron chi connectivity index (χ3n) is 3.72. The van der Waals surface area contributed by atoms with Gasteiger partial charge in [-0.2, -0.15) is 5.10 Å². The highest BCUT2D eigenvalue weighted by molar-refractivity contribution is 5.30. The zero-order valence-electron chi connectivity index (χ0n) is 11.3. The average Bonchev–Trinajstić information content (AvgIpc) is 3.00. The van der Waals surface area contributed by atoms with Gasteiger partial charge < -0.3 is 15.9 Å². The van der Waals surface area contributed by atoms with Crippen molar-refractivity contribution >= 4 is 5.69 Å². The van der Waals surface area contributed by atoms with Crippen LogP contribution in [0.1, 0.15) is 25.7 Å². The van der Waals surface area contributed by atoms with Gasteiger partial charge in [0.25, 0.3) is 0 Å². The predicted molar refractivity (Wildman–Crippen MR) is 73.6 cm³/mol. The summed E-state index contributed by atoms with van der Waals surface area (Å²) >= 11 is 0. The molecule has 0 bridgehead atoms. The number of nitrogens with two attached hydrogens (primary N) is 1. The van der Waals surface area contributed by atoms with Gasteiger partial charge in [0.05, 0.1) is 31.1 Å². The van der Waals surface area contributed by atoms with Crippen molar-refractivity contribution in [2.45, 2.75) is 44.4 Å². The third kappa shape index (κ3) is 4.19. The Balaban J connectivity index is 1.85. The zero-order valence-corrected chi connectivity index (χ0v) is 11.3. The molecule has 1 unspecified atom stereocenters. The highest BCUT2D eigenvalue weighted by Crippen LogP contribution is 2.23. The largest absolute Gasteiger partial charge is 0.396 e. The number of nitrogens with zero attached hydrogens (tertiary/aromatic N) is 3. The Labute approximate surface area is 113 Å². The van der Waals surface area contributed by atoms with Crippen LogP contribution in [0.5, 0.6) is 0 Å². The molecule has 1 heterocycles. The van der Waals surface area contributed by atoms with Crippen LogP contribution in [0, 0.1) is 0 Å². The van der Waals surface area contributed by atoms with Gasteiger partial charge in [0.1, 0.15) is 0 Å². The molecule has 2 rings (SSSR count). The van der Waals surface area contributed by atoms with E-state index in [1.165, 1.54) is 25.7 Å². The van der Waals surface area contributed by atoms with Crippen LogP contribution in [0.3, 0.4) is 0 Å². The summed E-state index contributed by atoms with van der Waals surface area (Å²) in [5, 5.41) is 23.4. The van der Waals surface area contributed by atoms with Gasteiger partial charge in [0.15, 0.2) is 0 Å². The minimum atomic E-state index is -0.494. The van der Waals surface area contributed by atoms with E-state index in [1.54, 1.807) is 17.1 Å². The van der Waals surface area contributed by atoms with E-state index in [9.17, 15) is 5.11 Å². The number of aromatic nitrogens is 2. The molecule has 0 aliphatic heterocycles. The molecule has 108 valence electrons. The molecule has 0 aromatic carbocycles. The van der Waals surface area contributed by atoms with E-state index in [0.29, 0.717) is 31.4 Å². The van der Waals surface area contributed by atoms with E-state index in [4.69, 9.17) is 10.8 Å². The third-order valence-corrected chi connectivity index (χ3v) is 3.72. The lowest BCUT2D eigenvalue weighted by Crippen LogP contribution is -2.42. The topological polar surface area (TPSA) is 87.5 Å². The summed E-state index contributed by atoms with van der Waals surface area (Å²) in [6.45, 7) is 1.78. The Hall–Kier alpha value is -1.11. The van der Waals surface area contributed by atoms with E-state index in [1.807, 2.05) is 0 Å². The molecule has 1 aromatic heterocycles. The van der Waals surface area contributed by atoms with Crippen molar-refractivity contribution in [1.29, 1.82) is 0 Å². The summed E-state index contributed by atoms with van der Waals surface area (Å²) in [7, 11) is 0. The minimum absolute atomic E-state index is 0.137. The molecule has 1 aromatic rings. The minimum Gasteiger partial charge on any atom is -0.396 e. The molecule has 1 saturated carbocycles. The number of aliphatic hydroxyl groups excluding tert-OH is 2. The Morgan fingerprint density at radius 1 is 1.47 bits per heavy atom. The van der Waals surface area contributed by atoms with Crippen molar-refractivity contribution in [3.05, 3.63) is 12.4 Å². The number of hydrogen-bond acceptors (Lipinski definition) is 5. The Morgan fingerprint density at radius 2 is 2.21 bits per heavy atom. The zero-order chi connectivity index (χ0) is 13.7. The summed E-state index contributed by atoms with van der Waals surface area (Å²) in [4.78, 5) is 2.20. The molecule has 6 nitrogen and oxygen atoms in total. The summed E-state index contributed by atoms with van der Waals surface area (Å²) < 4.78 is 1.66. The number of rotatable bonds is 7. The highest BCUT2D eigenvalue weighted by Gasteiger charge is 2.24. The van der Waals surface area contributed by atoms with Crippen LogP contribution < -0.4 is 5.73 Å². The maximum Gasteiger partial charge on any atom is 0.0862 e. The summed E-state index contributed by atoms with van der Waals surface area (Å²) in [5.74, 6) is 0. The molecule has 6 heteroatoms. The van der Waals surface area contributed by atoms with Crippen LogP contribution in [0.25, 0.3) is 0 Å². The first-order chi connectivity index (χ1) is 9.19. The first kappa shape index (κ1) is 14.3. The molecular weight excluding hydrogens is 244 g/mol. The second kappa shape index (κ2) is 6.88. The van der Waals surface area contributed by atoms with Crippen LogP contribution in [0.4, 0.5) is 5.69 Å². The number of nitrogen functional groups attached to an aromatic ring is 1. The van der Waals surface area contributed by atoms with Crippen LogP contribution in [0.2, 0.25) is 0 Å². The number of aliphatic hydroxyl groups is 2. The van der Waals surface area contributed by atoms with Gasteiger partial charge in [-0.05, 0) is 12.8 Å². The summed E-state index contributed by atoms with van der Waals surface area (Å²) in [6, 6.07) is 0.504. The molecule has 1 fully saturated rings. The lowest BCUT2D eigenvalue weighted by atomic mass is 10.2. The molecule has 19 heavy (non-hydrogen) atoms. The molecule has 0 spiro atoms. The lowest BCUT2D eigenvalue weighted by molar-refractivity contribution is 0.0629. The molecule has 0 radical (unpaired) electrons. The maximum absolute atomic E-state index is 10.1. The fourth-order valence-electron chi connectivity index (χ4n) is 2.84. The maximum atomic E-state index is 10.1. The van der Waals surface area contributed by atoms with Gasteiger partial charge >= 0.3 is 0 Å². The van der Waals surface area contributed by atoms with Crippen LogP contribution >= 0.6 is 0 Å². The van der Waals surface area contributed by atoms with E-state index < -0.39 is 6.10 Å². The summed E-state index contributed by atoms with van der Waals surface area (Å²) in [6.07, 6.45) is 7.63. The highest BCUT2D eigenvalue weighted by atomic mass is 16.3. The smallest absolute Gasteiger partial charge is 0.0862 e. The molecule has 1 aliphatic rings. The molecule has 0 saturated heterocycles. The quantitative estimate of drug-likeness (QED) is 0.651. The molecule has 4 N–H and O–H groups in total. The molecule has 0 amide bonds. The number of anilines is 1. The predicted octanol–water partition coefficient (Wildman–Crippen LogP) is 0.0631. The first-order valence-electron chi connectivity index (χ1n) is 7.00. The van der Waals surface area contributed by atoms with Gasteiger partial charge in [0.2, 0.25) is 0 Å². The van der Waals surface area contributed by atoms with Crippen LogP contribution in [-0.2, 0) is 6.54 Å². The average molecular weight is 268 g/mol. The molecule has 1 aliphatic carbocycles. The van der Waals surface area contributed by atoms with Gasteiger partial charge in [-0.1, -0.05) is 12.8 Å². The van der Waals surface area contributed by atoms with Crippen molar-refractivity contribution in [3.63, 3.8) is 0 Å². The van der Waals surface area contributed by atoms with Gasteiger partial charge in [-0.25, -0.2) is 0 Å². The second-order valence-corrected chi connectivity index (χ2v) is 5.31. The van der Waals surface area contributed by atoms with E-state index in [0.717, 1.165) is 0 Å².